The van der Waals surface area contributed by atoms with Crippen LogP contribution < -0.4 is 14.8 Å². The van der Waals surface area contributed by atoms with Gasteiger partial charge in [-0.2, -0.15) is 10.1 Å². The van der Waals surface area contributed by atoms with Crippen LogP contribution in [0, 0.1) is 0 Å². The lowest BCUT2D eigenvalue weighted by Crippen LogP contribution is -2.30. The van der Waals surface area contributed by atoms with E-state index in [1.807, 2.05) is 18.2 Å². The van der Waals surface area contributed by atoms with Crippen molar-refractivity contribution < 1.29 is 19.0 Å². The summed E-state index contributed by atoms with van der Waals surface area (Å²) >= 11 is 0. The number of esters is 1. The van der Waals surface area contributed by atoms with Gasteiger partial charge in [0.2, 0.25) is 12.7 Å². The molecule has 26 heavy (non-hydrogen) atoms. The highest BCUT2D eigenvalue weighted by Crippen LogP contribution is 2.40. The van der Waals surface area contributed by atoms with E-state index in [1.165, 1.54) is 6.33 Å². The van der Waals surface area contributed by atoms with Crippen LogP contribution in [0.5, 0.6) is 11.5 Å². The summed E-state index contributed by atoms with van der Waals surface area (Å²) in [6, 6.07) is 5.20. The van der Waals surface area contributed by atoms with Gasteiger partial charge in [-0.1, -0.05) is 19.4 Å². The molecule has 0 aliphatic carbocycles. The van der Waals surface area contributed by atoms with Gasteiger partial charge in [0, 0.05) is 5.70 Å². The van der Waals surface area contributed by atoms with Crippen LogP contribution >= 0.6 is 0 Å². The number of carbonyl (C=O) groups is 1. The minimum Gasteiger partial charge on any atom is -0.463 e. The van der Waals surface area contributed by atoms with Crippen LogP contribution in [0.15, 0.2) is 35.8 Å². The summed E-state index contributed by atoms with van der Waals surface area (Å²) in [6.45, 7) is 4.36. The quantitative estimate of drug-likeness (QED) is 0.824. The molecule has 0 unspecified atom stereocenters. The number of nitrogens with zero attached hydrogens (tertiary/aromatic N) is 3. The first-order valence-electron chi connectivity index (χ1n) is 8.69. The van der Waals surface area contributed by atoms with Crippen molar-refractivity contribution in [2.24, 2.45) is 0 Å². The van der Waals surface area contributed by atoms with E-state index in [1.54, 1.807) is 11.6 Å². The third-order valence-corrected chi connectivity index (χ3v) is 4.39. The van der Waals surface area contributed by atoms with Crippen molar-refractivity contribution in [3.8, 4) is 11.5 Å². The molecule has 0 amide bonds. The second-order valence-electron chi connectivity index (χ2n) is 6.03. The second kappa shape index (κ2) is 6.70. The summed E-state index contributed by atoms with van der Waals surface area (Å²) in [4.78, 5) is 17.1. The molecule has 3 heterocycles. The van der Waals surface area contributed by atoms with Gasteiger partial charge in [-0.3, -0.25) is 0 Å². The van der Waals surface area contributed by atoms with Crippen LogP contribution in [0.3, 0.4) is 0 Å². The van der Waals surface area contributed by atoms with E-state index in [4.69, 9.17) is 14.2 Å². The first kappa shape index (κ1) is 16.4. The largest absolute Gasteiger partial charge is 0.463 e. The maximum absolute atomic E-state index is 12.8. The number of hydrogen-bond donors (Lipinski definition) is 1. The zero-order valence-electron chi connectivity index (χ0n) is 14.7. The van der Waals surface area contributed by atoms with E-state index in [0.717, 1.165) is 17.7 Å². The Morgan fingerprint density at radius 2 is 2.19 bits per heavy atom. The molecule has 0 saturated heterocycles. The predicted molar refractivity (Wildman–Crippen MR) is 92.9 cm³/mol. The number of allylic oxidation sites excluding steroid dienone is 1. The molecule has 1 aromatic heterocycles. The number of carbonyl (C=O) groups excluding carboxylic acids is 1. The lowest BCUT2D eigenvalue weighted by Gasteiger charge is -2.29. The Bertz CT molecular complexity index is 874. The third-order valence-electron chi connectivity index (χ3n) is 4.39. The van der Waals surface area contributed by atoms with Gasteiger partial charge in [0.05, 0.1) is 12.2 Å². The van der Waals surface area contributed by atoms with Crippen molar-refractivity contribution in [2.45, 2.75) is 32.7 Å². The van der Waals surface area contributed by atoms with Gasteiger partial charge < -0.3 is 19.5 Å². The SMILES string of the molecule is CCCC1=C(C(=O)OCC)[C@@H](c2ccc3c(c2)OCO3)n2ncnc2N1. The van der Waals surface area contributed by atoms with Crippen LogP contribution in [0.4, 0.5) is 5.95 Å². The van der Waals surface area contributed by atoms with Crippen LogP contribution in [0.1, 0.15) is 38.3 Å². The molecule has 4 rings (SSSR count). The average Bonchev–Trinajstić information content (AvgIpc) is 3.29. The van der Waals surface area contributed by atoms with Crippen molar-refractivity contribution in [1.29, 1.82) is 0 Å². The van der Waals surface area contributed by atoms with E-state index >= 15 is 0 Å². The van der Waals surface area contributed by atoms with Crippen molar-refractivity contribution in [1.82, 2.24) is 14.8 Å². The van der Waals surface area contributed by atoms with Crippen molar-refractivity contribution in [3.05, 3.63) is 41.4 Å². The summed E-state index contributed by atoms with van der Waals surface area (Å²) < 4.78 is 17.9. The lowest BCUT2D eigenvalue weighted by molar-refractivity contribution is -0.139. The van der Waals surface area contributed by atoms with E-state index in [-0.39, 0.29) is 12.8 Å². The van der Waals surface area contributed by atoms with Gasteiger partial charge in [-0.25, -0.2) is 9.48 Å². The van der Waals surface area contributed by atoms with Crippen molar-refractivity contribution in [2.75, 3.05) is 18.7 Å². The van der Waals surface area contributed by atoms with E-state index < -0.39 is 6.04 Å². The number of ether oxygens (including phenoxy) is 3. The zero-order valence-corrected chi connectivity index (χ0v) is 14.7. The molecule has 0 fully saturated rings. The van der Waals surface area contributed by atoms with E-state index in [2.05, 4.69) is 22.3 Å². The standard InChI is InChI=1S/C18H20N4O4/c1-3-5-12-15(17(23)24-4-2)16(22-18(21-12)19-9-20-22)11-6-7-13-14(8-11)26-10-25-13/h6-9,16H,3-5,10H2,1-2H3,(H,19,20,21)/t16-/m1/s1. The molecule has 1 aromatic carbocycles. The Kier molecular flexibility index (Phi) is 4.24. The molecule has 1 atom stereocenters. The normalized spacial score (nSPS) is 17.7. The number of anilines is 1. The fourth-order valence-corrected chi connectivity index (χ4v) is 3.30. The number of rotatable bonds is 5. The minimum absolute atomic E-state index is 0.196. The van der Waals surface area contributed by atoms with Crippen LogP contribution in [-0.2, 0) is 9.53 Å². The number of benzene rings is 1. The van der Waals surface area contributed by atoms with Gasteiger partial charge >= 0.3 is 5.97 Å². The van der Waals surface area contributed by atoms with Crippen LogP contribution in [0.2, 0.25) is 0 Å². The van der Waals surface area contributed by atoms with Gasteiger partial charge in [0.25, 0.3) is 0 Å². The van der Waals surface area contributed by atoms with Crippen LogP contribution in [-0.4, -0.2) is 34.1 Å². The number of aromatic nitrogens is 3. The summed E-state index contributed by atoms with van der Waals surface area (Å²) in [5, 5.41) is 7.56. The molecule has 2 aliphatic heterocycles. The van der Waals surface area contributed by atoms with Gasteiger partial charge in [-0.15, -0.1) is 0 Å². The summed E-state index contributed by atoms with van der Waals surface area (Å²) in [5.41, 5.74) is 2.22. The van der Waals surface area contributed by atoms with Gasteiger partial charge in [-0.05, 0) is 31.0 Å². The smallest absolute Gasteiger partial charge is 0.338 e. The monoisotopic (exact) mass is 356 g/mol. The highest BCUT2D eigenvalue weighted by molar-refractivity contribution is 5.92. The summed E-state index contributed by atoms with van der Waals surface area (Å²) in [6.07, 6.45) is 3.06. The molecule has 8 heteroatoms. The Balaban J connectivity index is 1.86. The topological polar surface area (TPSA) is 87.5 Å². The lowest BCUT2D eigenvalue weighted by atomic mass is 9.93. The molecule has 8 nitrogen and oxygen atoms in total. The first-order chi connectivity index (χ1) is 12.7. The van der Waals surface area contributed by atoms with Gasteiger partial charge in [0.1, 0.15) is 12.4 Å². The van der Waals surface area contributed by atoms with Gasteiger partial charge in [0.15, 0.2) is 11.5 Å². The molecular formula is C18H20N4O4. The highest BCUT2D eigenvalue weighted by atomic mass is 16.7. The zero-order chi connectivity index (χ0) is 18.1. The molecule has 0 saturated carbocycles. The fourth-order valence-electron chi connectivity index (χ4n) is 3.30. The Morgan fingerprint density at radius 1 is 1.35 bits per heavy atom. The summed E-state index contributed by atoms with van der Waals surface area (Å²) in [5.74, 6) is 1.59. The predicted octanol–water partition coefficient (Wildman–Crippen LogP) is 2.64. The molecule has 2 aromatic rings. The number of nitrogens with one attached hydrogen (secondary N) is 1. The molecule has 0 radical (unpaired) electrons. The molecule has 2 aliphatic rings. The average molecular weight is 356 g/mol. The Labute approximate surface area is 150 Å². The fraction of sp³-hybridized carbons (Fsp3) is 0.389. The number of hydrogen-bond acceptors (Lipinski definition) is 7. The third kappa shape index (κ3) is 2.67. The van der Waals surface area contributed by atoms with E-state index in [9.17, 15) is 4.79 Å². The van der Waals surface area contributed by atoms with Crippen molar-refractivity contribution >= 4 is 11.9 Å². The molecule has 0 spiro atoms. The molecule has 136 valence electrons. The second-order valence-corrected chi connectivity index (χ2v) is 6.03. The van der Waals surface area contributed by atoms with Crippen molar-refractivity contribution in [3.63, 3.8) is 0 Å². The Morgan fingerprint density at radius 3 is 3.00 bits per heavy atom. The minimum atomic E-state index is -0.441. The van der Waals surface area contributed by atoms with Crippen LogP contribution in [0.25, 0.3) is 0 Å². The number of fused-ring (bicyclic) bond motifs is 2. The highest BCUT2D eigenvalue weighted by Gasteiger charge is 2.36. The summed E-state index contributed by atoms with van der Waals surface area (Å²) in [7, 11) is 0. The molecule has 0 bridgehead atoms. The maximum Gasteiger partial charge on any atom is 0.338 e. The molecular weight excluding hydrogens is 336 g/mol. The van der Waals surface area contributed by atoms with E-state index in [0.29, 0.717) is 36.0 Å². The molecule has 1 N–H and O–H groups in total. The first-order valence-corrected chi connectivity index (χ1v) is 8.69. The maximum atomic E-state index is 12.8. The Hall–Kier alpha value is -3.03.